The Labute approximate surface area is 144 Å². The molecule has 3 rings (SSSR count). The van der Waals surface area contributed by atoms with Gasteiger partial charge in [0.1, 0.15) is 11.9 Å². The number of aromatic nitrogens is 2. The topological polar surface area (TPSA) is 64.7 Å². The summed E-state index contributed by atoms with van der Waals surface area (Å²) in [7, 11) is 0. The van der Waals surface area contributed by atoms with Gasteiger partial charge in [-0.3, -0.25) is 14.6 Å². The van der Waals surface area contributed by atoms with E-state index in [2.05, 4.69) is 33.6 Å². The lowest BCUT2D eigenvalue weighted by molar-refractivity contribution is -0.142. The fourth-order valence-corrected chi connectivity index (χ4v) is 3.45. The van der Waals surface area contributed by atoms with E-state index < -0.39 is 0 Å². The molecular formula is C17H29N5O2. The summed E-state index contributed by atoms with van der Waals surface area (Å²) >= 11 is 0. The van der Waals surface area contributed by atoms with Crippen LogP contribution in [0.1, 0.15) is 31.4 Å². The van der Waals surface area contributed by atoms with E-state index in [1.54, 1.807) is 6.20 Å². The standard InChI is InChI=1S/C17H29N5O2/c1-13(2)21-6-4-20(5-7-21)11-16(23)22-8-9-24-12-15(22)17-18-10-14(3)19-17/h10,13,15H,4-9,11-12H2,1-3H3,(H,18,19). The molecule has 2 saturated heterocycles. The highest BCUT2D eigenvalue weighted by molar-refractivity contribution is 5.78. The molecule has 2 fully saturated rings. The molecule has 1 atom stereocenters. The molecule has 1 N–H and O–H groups in total. The lowest BCUT2D eigenvalue weighted by atomic mass is 10.2. The minimum Gasteiger partial charge on any atom is -0.377 e. The van der Waals surface area contributed by atoms with Gasteiger partial charge in [0.2, 0.25) is 5.91 Å². The zero-order valence-electron chi connectivity index (χ0n) is 15.0. The summed E-state index contributed by atoms with van der Waals surface area (Å²) in [5, 5.41) is 0. The van der Waals surface area contributed by atoms with Gasteiger partial charge in [-0.05, 0) is 20.8 Å². The number of aromatic amines is 1. The summed E-state index contributed by atoms with van der Waals surface area (Å²) < 4.78 is 5.58. The van der Waals surface area contributed by atoms with Gasteiger partial charge in [0.15, 0.2) is 0 Å². The van der Waals surface area contributed by atoms with E-state index in [1.807, 2.05) is 11.8 Å². The summed E-state index contributed by atoms with van der Waals surface area (Å²) in [6, 6.07) is 0.477. The predicted octanol–water partition coefficient (Wildman–Crippen LogP) is 0.644. The molecule has 0 aromatic carbocycles. The molecule has 0 radical (unpaired) electrons. The largest absolute Gasteiger partial charge is 0.377 e. The van der Waals surface area contributed by atoms with Gasteiger partial charge in [-0.15, -0.1) is 0 Å². The van der Waals surface area contributed by atoms with E-state index in [-0.39, 0.29) is 11.9 Å². The molecule has 0 spiro atoms. The Kier molecular flexibility index (Phi) is 5.53. The first-order valence-corrected chi connectivity index (χ1v) is 8.89. The molecule has 1 amide bonds. The van der Waals surface area contributed by atoms with Gasteiger partial charge < -0.3 is 14.6 Å². The van der Waals surface area contributed by atoms with Crippen LogP contribution in [-0.2, 0) is 9.53 Å². The van der Waals surface area contributed by atoms with Crippen molar-refractivity contribution in [2.75, 3.05) is 52.5 Å². The number of H-pyrrole nitrogens is 1. The normalized spacial score (nSPS) is 23.8. The Balaban J connectivity index is 1.59. The van der Waals surface area contributed by atoms with E-state index in [1.165, 1.54) is 0 Å². The highest BCUT2D eigenvalue weighted by atomic mass is 16.5. The van der Waals surface area contributed by atoms with Gasteiger partial charge in [-0.25, -0.2) is 4.98 Å². The maximum Gasteiger partial charge on any atom is 0.237 e. The summed E-state index contributed by atoms with van der Waals surface area (Å²) in [6.45, 7) is 12.6. The van der Waals surface area contributed by atoms with Gasteiger partial charge in [0.05, 0.1) is 19.8 Å². The molecule has 1 aromatic heterocycles. The Morgan fingerprint density at radius 3 is 2.71 bits per heavy atom. The number of carbonyl (C=O) groups is 1. The molecule has 2 aliphatic heterocycles. The minimum absolute atomic E-state index is 0.100. The monoisotopic (exact) mass is 335 g/mol. The van der Waals surface area contributed by atoms with E-state index >= 15 is 0 Å². The molecule has 0 saturated carbocycles. The average Bonchev–Trinajstić information content (AvgIpc) is 3.01. The molecule has 1 unspecified atom stereocenters. The first kappa shape index (κ1) is 17.4. The summed E-state index contributed by atoms with van der Waals surface area (Å²) in [4.78, 5) is 27.1. The predicted molar refractivity (Wildman–Crippen MR) is 91.7 cm³/mol. The number of hydrogen-bond donors (Lipinski definition) is 1. The summed E-state index contributed by atoms with van der Waals surface area (Å²) in [5.74, 6) is 1.00. The second-order valence-electron chi connectivity index (χ2n) is 7.04. The number of carbonyl (C=O) groups excluding carboxylic acids is 1. The highest BCUT2D eigenvalue weighted by Crippen LogP contribution is 2.22. The number of aryl methyl sites for hydroxylation is 1. The Hall–Kier alpha value is -1.44. The average molecular weight is 335 g/mol. The zero-order valence-corrected chi connectivity index (χ0v) is 15.0. The van der Waals surface area contributed by atoms with Crippen LogP contribution in [-0.4, -0.2) is 89.1 Å². The lowest BCUT2D eigenvalue weighted by Crippen LogP contribution is -2.53. The Morgan fingerprint density at radius 2 is 2.08 bits per heavy atom. The van der Waals surface area contributed by atoms with Crippen LogP contribution in [0.5, 0.6) is 0 Å². The number of piperazine rings is 1. The van der Waals surface area contributed by atoms with Crippen molar-refractivity contribution in [1.29, 1.82) is 0 Å². The molecule has 134 valence electrons. The van der Waals surface area contributed by atoms with Crippen LogP contribution in [0.4, 0.5) is 0 Å². The quantitative estimate of drug-likeness (QED) is 0.875. The third kappa shape index (κ3) is 3.96. The van der Waals surface area contributed by atoms with Crippen molar-refractivity contribution in [2.45, 2.75) is 32.9 Å². The Bertz CT molecular complexity index is 551. The van der Waals surface area contributed by atoms with Gasteiger partial charge in [0, 0.05) is 50.7 Å². The number of rotatable bonds is 4. The summed E-state index contributed by atoms with van der Waals surface area (Å²) in [6.07, 6.45) is 1.80. The molecule has 7 heteroatoms. The van der Waals surface area contributed by atoms with Crippen molar-refractivity contribution >= 4 is 5.91 Å². The van der Waals surface area contributed by atoms with E-state index in [4.69, 9.17) is 4.74 Å². The number of nitrogens with zero attached hydrogens (tertiary/aromatic N) is 4. The first-order chi connectivity index (χ1) is 11.5. The fourth-order valence-electron chi connectivity index (χ4n) is 3.45. The van der Waals surface area contributed by atoms with Crippen molar-refractivity contribution < 1.29 is 9.53 Å². The van der Waals surface area contributed by atoms with Crippen molar-refractivity contribution in [3.05, 3.63) is 17.7 Å². The van der Waals surface area contributed by atoms with Crippen molar-refractivity contribution in [2.24, 2.45) is 0 Å². The summed E-state index contributed by atoms with van der Waals surface area (Å²) in [5.41, 5.74) is 1.01. The van der Waals surface area contributed by atoms with Crippen LogP contribution in [0.15, 0.2) is 6.20 Å². The third-order valence-corrected chi connectivity index (χ3v) is 4.98. The molecule has 0 aliphatic carbocycles. The minimum atomic E-state index is -0.100. The number of imidazole rings is 1. The SMILES string of the molecule is Cc1cnc(C2COCCN2C(=O)CN2CCN(C(C)C)CC2)[nH]1. The number of morpholine rings is 1. The maximum absolute atomic E-state index is 12.8. The molecule has 0 bridgehead atoms. The van der Waals surface area contributed by atoms with Gasteiger partial charge in [-0.1, -0.05) is 0 Å². The van der Waals surface area contributed by atoms with Gasteiger partial charge >= 0.3 is 0 Å². The van der Waals surface area contributed by atoms with Crippen LogP contribution in [0, 0.1) is 6.92 Å². The zero-order chi connectivity index (χ0) is 17.1. The lowest BCUT2D eigenvalue weighted by Gasteiger charge is -2.39. The van der Waals surface area contributed by atoms with E-state index in [0.29, 0.717) is 32.3 Å². The molecule has 1 aromatic rings. The molecule has 3 heterocycles. The third-order valence-electron chi connectivity index (χ3n) is 4.98. The van der Waals surface area contributed by atoms with Crippen molar-refractivity contribution in [3.63, 3.8) is 0 Å². The second kappa shape index (κ2) is 7.63. The fraction of sp³-hybridized carbons (Fsp3) is 0.765. The first-order valence-electron chi connectivity index (χ1n) is 8.89. The van der Waals surface area contributed by atoms with Crippen LogP contribution in [0.2, 0.25) is 0 Å². The molecule has 24 heavy (non-hydrogen) atoms. The van der Waals surface area contributed by atoms with Crippen LogP contribution < -0.4 is 0 Å². The van der Waals surface area contributed by atoms with Gasteiger partial charge in [-0.2, -0.15) is 0 Å². The van der Waals surface area contributed by atoms with E-state index in [0.717, 1.165) is 37.7 Å². The van der Waals surface area contributed by atoms with Crippen molar-refractivity contribution in [1.82, 2.24) is 24.7 Å². The number of nitrogens with one attached hydrogen (secondary N) is 1. The van der Waals surface area contributed by atoms with Crippen LogP contribution in [0.25, 0.3) is 0 Å². The molecule has 7 nitrogen and oxygen atoms in total. The van der Waals surface area contributed by atoms with E-state index in [9.17, 15) is 4.79 Å². The van der Waals surface area contributed by atoms with Gasteiger partial charge in [0.25, 0.3) is 0 Å². The highest BCUT2D eigenvalue weighted by Gasteiger charge is 2.32. The second-order valence-corrected chi connectivity index (χ2v) is 7.04. The van der Waals surface area contributed by atoms with Crippen LogP contribution >= 0.6 is 0 Å². The molecular weight excluding hydrogens is 306 g/mol. The van der Waals surface area contributed by atoms with Crippen molar-refractivity contribution in [3.8, 4) is 0 Å². The Morgan fingerprint density at radius 1 is 1.33 bits per heavy atom. The maximum atomic E-state index is 12.8. The number of amides is 1. The molecule has 2 aliphatic rings. The smallest absolute Gasteiger partial charge is 0.237 e. The van der Waals surface area contributed by atoms with Crippen LogP contribution in [0.3, 0.4) is 0 Å². The number of ether oxygens (including phenoxy) is 1. The number of hydrogen-bond acceptors (Lipinski definition) is 5.